The van der Waals surface area contributed by atoms with E-state index < -0.39 is 0 Å². The first-order valence-corrected chi connectivity index (χ1v) is 5.04. The zero-order valence-electron chi connectivity index (χ0n) is 9.36. The predicted octanol–water partition coefficient (Wildman–Crippen LogP) is -0.566. The first-order chi connectivity index (χ1) is 7.22. The van der Waals surface area contributed by atoms with Crippen LogP contribution in [0.3, 0.4) is 0 Å². The van der Waals surface area contributed by atoms with Gasteiger partial charge in [-0.25, -0.2) is 4.99 Å². The average molecular weight is 342 g/mol. The summed E-state index contributed by atoms with van der Waals surface area (Å²) in [6.07, 6.45) is 2.27. The highest BCUT2D eigenvalue weighted by molar-refractivity contribution is 14.0. The highest BCUT2D eigenvalue weighted by Gasteiger charge is 2.21. The number of nitrogens with one attached hydrogen (secondary N) is 2. The number of hydrogen-bond acceptors (Lipinski definition) is 3. The molecule has 1 fully saturated rings. The van der Waals surface area contributed by atoms with Crippen LogP contribution in [0.1, 0.15) is 12.8 Å². The number of hydrogen-bond donors (Lipinski definition) is 3. The van der Waals surface area contributed by atoms with Crippen molar-refractivity contribution < 1.29 is 9.53 Å². The lowest BCUT2D eigenvalue weighted by Crippen LogP contribution is -2.35. The van der Waals surface area contributed by atoms with Gasteiger partial charge in [-0.3, -0.25) is 4.79 Å². The van der Waals surface area contributed by atoms with Gasteiger partial charge in [-0.05, 0) is 12.8 Å². The van der Waals surface area contributed by atoms with Crippen LogP contribution in [0.5, 0.6) is 0 Å². The fourth-order valence-corrected chi connectivity index (χ4v) is 0.988. The zero-order chi connectivity index (χ0) is 11.1. The van der Waals surface area contributed by atoms with Crippen molar-refractivity contribution >= 4 is 35.8 Å². The van der Waals surface area contributed by atoms with Crippen LogP contribution in [0.2, 0.25) is 0 Å². The third-order valence-corrected chi connectivity index (χ3v) is 1.95. The van der Waals surface area contributed by atoms with E-state index in [0.717, 1.165) is 12.8 Å². The molecule has 6 nitrogen and oxygen atoms in total. The van der Waals surface area contributed by atoms with E-state index in [9.17, 15) is 4.79 Å². The number of carbonyl (C=O) groups is 1. The summed E-state index contributed by atoms with van der Waals surface area (Å²) in [6, 6.07) is 0.463. The Hall–Kier alpha value is -0.570. The van der Waals surface area contributed by atoms with Gasteiger partial charge in [-0.15, -0.1) is 24.0 Å². The summed E-state index contributed by atoms with van der Waals surface area (Å²) in [5.41, 5.74) is 5.55. The summed E-state index contributed by atoms with van der Waals surface area (Å²) in [6.45, 7) is 1.07. The molecule has 0 atom stereocenters. The third kappa shape index (κ3) is 7.69. The van der Waals surface area contributed by atoms with E-state index >= 15 is 0 Å². The van der Waals surface area contributed by atoms with Crippen LogP contribution in [-0.2, 0) is 9.53 Å². The van der Waals surface area contributed by atoms with Gasteiger partial charge in [0.15, 0.2) is 5.96 Å². The van der Waals surface area contributed by atoms with Crippen LogP contribution in [-0.4, -0.2) is 44.7 Å². The second-order valence-electron chi connectivity index (χ2n) is 3.46. The van der Waals surface area contributed by atoms with Crippen LogP contribution in [0.4, 0.5) is 0 Å². The maximum atomic E-state index is 11.2. The van der Waals surface area contributed by atoms with Crippen molar-refractivity contribution in [2.45, 2.75) is 18.9 Å². The van der Waals surface area contributed by atoms with Gasteiger partial charge in [-0.2, -0.15) is 0 Å². The van der Waals surface area contributed by atoms with E-state index in [4.69, 9.17) is 10.5 Å². The Balaban J connectivity index is 0.00000225. The van der Waals surface area contributed by atoms with Gasteiger partial charge in [0, 0.05) is 19.7 Å². The van der Waals surface area contributed by atoms with Crippen LogP contribution in [0.15, 0.2) is 4.99 Å². The lowest BCUT2D eigenvalue weighted by Gasteiger charge is -2.04. The molecule has 0 aromatic rings. The largest absolute Gasteiger partial charge is 0.383 e. The van der Waals surface area contributed by atoms with E-state index in [1.165, 1.54) is 0 Å². The molecule has 16 heavy (non-hydrogen) atoms. The predicted molar refractivity (Wildman–Crippen MR) is 72.9 cm³/mol. The first kappa shape index (κ1) is 15.4. The second kappa shape index (κ2) is 8.57. The van der Waals surface area contributed by atoms with Gasteiger partial charge in [0.1, 0.15) is 6.54 Å². The quantitative estimate of drug-likeness (QED) is 0.261. The van der Waals surface area contributed by atoms with E-state index in [1.807, 2.05) is 0 Å². The first-order valence-electron chi connectivity index (χ1n) is 5.04. The van der Waals surface area contributed by atoms with Gasteiger partial charge < -0.3 is 21.1 Å². The molecule has 1 aliphatic rings. The molecule has 0 aromatic heterocycles. The molecule has 0 saturated heterocycles. The molecule has 0 spiro atoms. The van der Waals surface area contributed by atoms with Crippen LogP contribution < -0.4 is 16.4 Å². The number of aliphatic imine (C=N–C) groups is 1. The molecule has 1 amide bonds. The summed E-state index contributed by atoms with van der Waals surface area (Å²) in [5, 5.41) is 5.65. The number of halogens is 1. The summed E-state index contributed by atoms with van der Waals surface area (Å²) < 4.78 is 4.79. The van der Waals surface area contributed by atoms with E-state index in [2.05, 4.69) is 15.6 Å². The highest BCUT2D eigenvalue weighted by Crippen LogP contribution is 2.17. The van der Waals surface area contributed by atoms with E-state index in [0.29, 0.717) is 25.2 Å². The fourth-order valence-electron chi connectivity index (χ4n) is 0.988. The molecule has 0 heterocycles. The van der Waals surface area contributed by atoms with Crippen molar-refractivity contribution in [1.82, 2.24) is 10.6 Å². The van der Waals surface area contributed by atoms with E-state index in [-0.39, 0.29) is 36.4 Å². The van der Waals surface area contributed by atoms with Crippen molar-refractivity contribution in [2.75, 3.05) is 26.8 Å². The number of nitrogens with two attached hydrogens (primary N) is 1. The molecular weight excluding hydrogens is 323 g/mol. The molecule has 7 heteroatoms. The fraction of sp³-hybridized carbons (Fsp3) is 0.778. The van der Waals surface area contributed by atoms with Crippen molar-refractivity contribution in [3.63, 3.8) is 0 Å². The molecule has 94 valence electrons. The molecule has 0 aliphatic heterocycles. The number of ether oxygens (including phenoxy) is 1. The minimum Gasteiger partial charge on any atom is -0.383 e. The standard InChI is InChI=1S/C9H18N4O2.HI/c1-15-5-4-11-8(14)6-12-9(10)13-7-2-3-7;/h7H,2-6H2,1H3,(H,11,14)(H3,10,12,13);1H. The zero-order valence-corrected chi connectivity index (χ0v) is 11.7. The molecular formula is C9H19IN4O2. The maximum Gasteiger partial charge on any atom is 0.241 e. The summed E-state index contributed by atoms with van der Waals surface area (Å²) in [7, 11) is 1.59. The molecule has 0 aromatic carbocycles. The van der Waals surface area contributed by atoms with Crippen LogP contribution in [0.25, 0.3) is 0 Å². The minimum absolute atomic E-state index is 0. The van der Waals surface area contributed by atoms with Gasteiger partial charge in [0.05, 0.1) is 6.61 Å². The topological polar surface area (TPSA) is 88.7 Å². The molecule has 4 N–H and O–H groups in total. The molecule has 1 saturated carbocycles. The van der Waals surface area contributed by atoms with Gasteiger partial charge in [-0.1, -0.05) is 0 Å². The Morgan fingerprint density at radius 1 is 1.56 bits per heavy atom. The van der Waals surface area contributed by atoms with Crippen molar-refractivity contribution in [2.24, 2.45) is 10.7 Å². The molecule has 1 aliphatic carbocycles. The minimum atomic E-state index is -0.146. The third-order valence-electron chi connectivity index (χ3n) is 1.95. The molecule has 0 unspecified atom stereocenters. The Morgan fingerprint density at radius 3 is 2.81 bits per heavy atom. The molecule has 0 bridgehead atoms. The number of methoxy groups -OCH3 is 1. The average Bonchev–Trinajstić information content (AvgIpc) is 2.99. The van der Waals surface area contributed by atoms with E-state index in [1.54, 1.807) is 7.11 Å². The number of nitrogens with zero attached hydrogens (tertiary/aromatic N) is 1. The maximum absolute atomic E-state index is 11.2. The normalized spacial score (nSPS) is 15.2. The number of guanidine groups is 1. The second-order valence-corrected chi connectivity index (χ2v) is 3.46. The Kier molecular flexibility index (Phi) is 8.26. The monoisotopic (exact) mass is 342 g/mol. The summed E-state index contributed by atoms with van der Waals surface area (Å²) >= 11 is 0. The Labute approximate surface area is 112 Å². The Bertz CT molecular complexity index is 244. The smallest absolute Gasteiger partial charge is 0.241 e. The number of carbonyl (C=O) groups excluding carboxylic acids is 1. The number of rotatable bonds is 6. The van der Waals surface area contributed by atoms with Gasteiger partial charge in [0.25, 0.3) is 0 Å². The lowest BCUT2D eigenvalue weighted by atomic mass is 10.5. The van der Waals surface area contributed by atoms with Crippen LogP contribution in [0, 0.1) is 0 Å². The SMILES string of the molecule is COCCNC(=O)CN=C(N)NC1CC1.I. The Morgan fingerprint density at radius 2 is 2.25 bits per heavy atom. The summed E-state index contributed by atoms with van der Waals surface area (Å²) in [5.74, 6) is 0.201. The van der Waals surface area contributed by atoms with Crippen molar-refractivity contribution in [3.05, 3.63) is 0 Å². The molecule has 1 rings (SSSR count). The number of amides is 1. The lowest BCUT2D eigenvalue weighted by molar-refractivity contribution is -0.119. The van der Waals surface area contributed by atoms with Gasteiger partial charge in [0.2, 0.25) is 5.91 Å². The molecule has 0 radical (unpaired) electrons. The summed E-state index contributed by atoms with van der Waals surface area (Å²) in [4.78, 5) is 15.1. The van der Waals surface area contributed by atoms with Gasteiger partial charge >= 0.3 is 0 Å². The van der Waals surface area contributed by atoms with Crippen molar-refractivity contribution in [1.29, 1.82) is 0 Å². The van der Waals surface area contributed by atoms with Crippen molar-refractivity contribution in [3.8, 4) is 0 Å². The highest BCUT2D eigenvalue weighted by atomic mass is 127. The van der Waals surface area contributed by atoms with Crippen LogP contribution >= 0.6 is 24.0 Å².